The normalized spacial score (nSPS) is 10.4. The summed E-state index contributed by atoms with van der Waals surface area (Å²) in [6.45, 7) is 1.82. The molecule has 0 unspecified atom stereocenters. The van der Waals surface area contributed by atoms with Gasteiger partial charge in [-0.25, -0.2) is 9.59 Å². The molecule has 1 aromatic rings. The Morgan fingerprint density at radius 2 is 1.86 bits per heavy atom. The van der Waals surface area contributed by atoms with Gasteiger partial charge in [-0.3, -0.25) is 0 Å². The molecule has 0 aliphatic heterocycles. The highest BCUT2D eigenvalue weighted by atomic mass is 16.5. The molecule has 8 nitrogen and oxygen atoms in total. The quantitative estimate of drug-likeness (QED) is 0.699. The molecule has 21 heavy (non-hydrogen) atoms. The van der Waals surface area contributed by atoms with Crippen molar-refractivity contribution in [1.82, 2.24) is 10.2 Å². The molecule has 1 heterocycles. The van der Waals surface area contributed by atoms with Crippen molar-refractivity contribution in [2.24, 2.45) is 0 Å². The highest BCUT2D eigenvalue weighted by Crippen LogP contribution is 2.07. The van der Waals surface area contributed by atoms with Crippen LogP contribution in [0.1, 0.15) is 16.3 Å². The molecule has 1 aromatic heterocycles. The summed E-state index contributed by atoms with van der Waals surface area (Å²) in [5.41, 5.74) is 0. The van der Waals surface area contributed by atoms with Gasteiger partial charge < -0.3 is 29.2 Å². The van der Waals surface area contributed by atoms with Gasteiger partial charge >= 0.3 is 12.0 Å². The van der Waals surface area contributed by atoms with Crippen LogP contribution in [0.2, 0.25) is 0 Å². The van der Waals surface area contributed by atoms with Crippen molar-refractivity contribution in [3.8, 4) is 0 Å². The average Bonchev–Trinajstić information content (AvgIpc) is 2.94. The zero-order valence-corrected chi connectivity index (χ0v) is 12.1. The van der Waals surface area contributed by atoms with Gasteiger partial charge in [0, 0.05) is 27.3 Å². The second-order valence-corrected chi connectivity index (χ2v) is 4.20. The number of urea groups is 1. The van der Waals surface area contributed by atoms with Crippen LogP contribution in [-0.2, 0) is 16.0 Å². The summed E-state index contributed by atoms with van der Waals surface area (Å²) in [4.78, 5) is 24.2. The van der Waals surface area contributed by atoms with Gasteiger partial charge in [0.2, 0.25) is 5.76 Å². The van der Waals surface area contributed by atoms with E-state index in [0.29, 0.717) is 32.1 Å². The fraction of sp³-hybridized carbons (Fsp3) is 0.538. The summed E-state index contributed by atoms with van der Waals surface area (Å²) in [6.07, 6.45) is 0. The minimum atomic E-state index is -1.14. The fourth-order valence-corrected chi connectivity index (χ4v) is 1.58. The molecule has 0 atom stereocenters. The zero-order chi connectivity index (χ0) is 15.7. The Labute approximate surface area is 122 Å². The molecule has 0 aromatic carbocycles. The van der Waals surface area contributed by atoms with Crippen LogP contribution in [0.3, 0.4) is 0 Å². The van der Waals surface area contributed by atoms with Crippen LogP contribution in [0.4, 0.5) is 4.79 Å². The van der Waals surface area contributed by atoms with E-state index in [1.807, 2.05) is 0 Å². The van der Waals surface area contributed by atoms with Crippen molar-refractivity contribution >= 4 is 12.0 Å². The molecular weight excluding hydrogens is 280 g/mol. The maximum Gasteiger partial charge on any atom is 0.371 e. The monoisotopic (exact) mass is 300 g/mol. The van der Waals surface area contributed by atoms with E-state index in [2.05, 4.69) is 5.32 Å². The number of hydrogen-bond acceptors (Lipinski definition) is 5. The molecule has 0 spiro atoms. The van der Waals surface area contributed by atoms with Gasteiger partial charge in [-0.15, -0.1) is 0 Å². The Morgan fingerprint density at radius 3 is 2.33 bits per heavy atom. The van der Waals surface area contributed by atoms with Crippen molar-refractivity contribution in [3.63, 3.8) is 0 Å². The van der Waals surface area contributed by atoms with Crippen LogP contribution >= 0.6 is 0 Å². The third kappa shape index (κ3) is 5.84. The fourth-order valence-electron chi connectivity index (χ4n) is 1.58. The van der Waals surface area contributed by atoms with E-state index >= 15 is 0 Å². The number of methoxy groups -OCH3 is 2. The van der Waals surface area contributed by atoms with Crippen molar-refractivity contribution in [3.05, 3.63) is 23.7 Å². The molecule has 0 radical (unpaired) electrons. The third-order valence-electron chi connectivity index (χ3n) is 2.70. The molecule has 0 fully saturated rings. The number of carbonyl (C=O) groups is 2. The number of nitrogens with one attached hydrogen (secondary N) is 1. The minimum absolute atomic E-state index is 0.114. The van der Waals surface area contributed by atoms with Gasteiger partial charge in [0.05, 0.1) is 19.8 Å². The number of ether oxygens (including phenoxy) is 2. The Kier molecular flexibility index (Phi) is 7.27. The standard InChI is InChI=1S/C13H20N2O6/c1-19-7-5-15(6-8-20-2)13(18)14-9-10-3-4-11(21-10)12(16)17/h3-4H,5-9H2,1-2H3,(H,14,18)(H,16,17). The Bertz CT molecular complexity index is 451. The lowest BCUT2D eigenvalue weighted by molar-refractivity contribution is 0.0660. The Balaban J connectivity index is 2.48. The molecule has 0 aliphatic carbocycles. The Hall–Kier alpha value is -2.06. The number of rotatable bonds is 9. The van der Waals surface area contributed by atoms with Crippen LogP contribution in [0.15, 0.2) is 16.5 Å². The predicted octanol–water partition coefficient (Wildman–Crippen LogP) is 0.782. The maximum atomic E-state index is 12.0. The summed E-state index contributed by atoms with van der Waals surface area (Å²) in [5, 5.41) is 11.4. The topological polar surface area (TPSA) is 101 Å². The molecule has 1 rings (SSSR count). The molecule has 0 saturated carbocycles. The summed E-state index contributed by atoms with van der Waals surface area (Å²) in [7, 11) is 3.12. The lowest BCUT2D eigenvalue weighted by atomic mass is 10.4. The maximum absolute atomic E-state index is 12.0. The summed E-state index contributed by atoms with van der Waals surface area (Å²) in [6, 6.07) is 2.56. The first-order chi connectivity index (χ1) is 10.1. The molecule has 2 amide bonds. The first-order valence-electron chi connectivity index (χ1n) is 6.41. The predicted molar refractivity (Wildman–Crippen MR) is 73.2 cm³/mol. The van der Waals surface area contributed by atoms with Gasteiger partial charge in [-0.05, 0) is 12.1 Å². The second-order valence-electron chi connectivity index (χ2n) is 4.20. The lowest BCUT2D eigenvalue weighted by Gasteiger charge is -2.22. The first-order valence-corrected chi connectivity index (χ1v) is 6.41. The van der Waals surface area contributed by atoms with Crippen molar-refractivity contribution < 1.29 is 28.6 Å². The number of carboxylic acid groups (broad SMARTS) is 1. The number of amides is 2. The third-order valence-corrected chi connectivity index (χ3v) is 2.70. The molecule has 8 heteroatoms. The van der Waals surface area contributed by atoms with E-state index in [1.165, 1.54) is 12.1 Å². The van der Waals surface area contributed by atoms with E-state index < -0.39 is 5.97 Å². The number of nitrogens with zero attached hydrogens (tertiary/aromatic N) is 1. The van der Waals surface area contributed by atoms with E-state index in [4.69, 9.17) is 19.0 Å². The van der Waals surface area contributed by atoms with Crippen LogP contribution in [0.25, 0.3) is 0 Å². The first kappa shape index (κ1) is 17.0. The van der Waals surface area contributed by atoms with E-state index in [-0.39, 0.29) is 18.3 Å². The van der Waals surface area contributed by atoms with Crippen molar-refractivity contribution in [2.45, 2.75) is 6.54 Å². The van der Waals surface area contributed by atoms with Gasteiger partial charge in [-0.1, -0.05) is 0 Å². The molecule has 2 N–H and O–H groups in total. The largest absolute Gasteiger partial charge is 0.475 e. The molecule has 0 bridgehead atoms. The van der Waals surface area contributed by atoms with Crippen LogP contribution < -0.4 is 5.32 Å². The molecule has 0 aliphatic rings. The van der Waals surface area contributed by atoms with E-state index in [0.717, 1.165) is 0 Å². The highest BCUT2D eigenvalue weighted by molar-refractivity contribution is 5.84. The van der Waals surface area contributed by atoms with Crippen LogP contribution in [0.5, 0.6) is 0 Å². The number of carboxylic acids is 1. The zero-order valence-electron chi connectivity index (χ0n) is 12.1. The average molecular weight is 300 g/mol. The van der Waals surface area contributed by atoms with Gasteiger partial charge in [-0.2, -0.15) is 0 Å². The highest BCUT2D eigenvalue weighted by Gasteiger charge is 2.14. The number of furan rings is 1. The number of carbonyl (C=O) groups excluding carboxylic acids is 1. The molecule has 118 valence electrons. The SMILES string of the molecule is COCCN(CCOC)C(=O)NCc1ccc(C(=O)O)o1. The molecular formula is C13H20N2O6. The number of aromatic carboxylic acids is 1. The number of hydrogen-bond donors (Lipinski definition) is 2. The van der Waals surface area contributed by atoms with Crippen LogP contribution in [0, 0.1) is 0 Å². The minimum Gasteiger partial charge on any atom is -0.475 e. The summed E-state index contributed by atoms with van der Waals surface area (Å²) >= 11 is 0. The lowest BCUT2D eigenvalue weighted by Crippen LogP contribution is -2.43. The molecule has 0 saturated heterocycles. The smallest absolute Gasteiger partial charge is 0.371 e. The Morgan fingerprint density at radius 1 is 1.24 bits per heavy atom. The van der Waals surface area contributed by atoms with E-state index in [9.17, 15) is 9.59 Å². The van der Waals surface area contributed by atoms with Gasteiger partial charge in [0.25, 0.3) is 0 Å². The second kappa shape index (κ2) is 8.98. The van der Waals surface area contributed by atoms with Gasteiger partial charge in [0.15, 0.2) is 0 Å². The van der Waals surface area contributed by atoms with Gasteiger partial charge in [0.1, 0.15) is 5.76 Å². The van der Waals surface area contributed by atoms with Crippen LogP contribution in [-0.4, -0.2) is 62.5 Å². The summed E-state index contributed by atoms with van der Waals surface area (Å²) < 4.78 is 15.0. The van der Waals surface area contributed by atoms with Crippen molar-refractivity contribution in [2.75, 3.05) is 40.5 Å². The van der Waals surface area contributed by atoms with Crippen molar-refractivity contribution in [1.29, 1.82) is 0 Å². The van der Waals surface area contributed by atoms with E-state index in [1.54, 1.807) is 19.1 Å². The summed E-state index contributed by atoms with van der Waals surface area (Å²) in [5.74, 6) is -0.927.